The molecule has 0 bridgehead atoms. The Hall–Kier alpha value is -2.73. The molecule has 0 spiro atoms. The van der Waals surface area contributed by atoms with Crippen LogP contribution in [0.3, 0.4) is 0 Å². The van der Waals surface area contributed by atoms with Gasteiger partial charge in [-0.2, -0.15) is 10.5 Å². The number of anilines is 1. The van der Waals surface area contributed by atoms with E-state index in [2.05, 4.69) is 31.4 Å². The summed E-state index contributed by atoms with van der Waals surface area (Å²) in [5, 5.41) is 24.4. The van der Waals surface area contributed by atoms with E-state index in [0.717, 1.165) is 18.5 Å². The Morgan fingerprint density at radius 2 is 1.88 bits per heavy atom. The molecule has 1 aliphatic rings. The summed E-state index contributed by atoms with van der Waals surface area (Å²) in [5.41, 5.74) is 1.38. The third-order valence-corrected chi connectivity index (χ3v) is 4.01. The van der Waals surface area contributed by atoms with Gasteiger partial charge in [0.25, 0.3) is 5.91 Å². The second kappa shape index (κ2) is 8.21. The van der Waals surface area contributed by atoms with E-state index in [1.807, 2.05) is 0 Å². The Morgan fingerprint density at radius 3 is 2.46 bits per heavy atom. The average molecular weight is 325 g/mol. The normalized spacial score (nSPS) is 15.5. The molecule has 1 aliphatic heterocycles. The van der Waals surface area contributed by atoms with Crippen LogP contribution >= 0.6 is 0 Å². The molecule has 2 rings (SSSR count). The van der Waals surface area contributed by atoms with Gasteiger partial charge in [-0.15, -0.1) is 0 Å². The van der Waals surface area contributed by atoms with E-state index < -0.39 is 6.04 Å². The SMILES string of the molecule is CC(C)CC(Nc1ccc(C#N)cc1)C(=O)N1CCCCN1C#N. The van der Waals surface area contributed by atoms with Gasteiger partial charge in [0, 0.05) is 12.2 Å². The zero-order valence-electron chi connectivity index (χ0n) is 14.2. The van der Waals surface area contributed by atoms with Crippen LogP contribution in [0.5, 0.6) is 0 Å². The minimum atomic E-state index is -0.396. The second-order valence-corrected chi connectivity index (χ2v) is 6.41. The zero-order valence-corrected chi connectivity index (χ0v) is 14.2. The van der Waals surface area contributed by atoms with Gasteiger partial charge in [-0.1, -0.05) is 13.8 Å². The minimum absolute atomic E-state index is 0.0747. The molecular weight excluding hydrogens is 302 g/mol. The van der Waals surface area contributed by atoms with Gasteiger partial charge in [0.1, 0.15) is 6.04 Å². The first-order chi connectivity index (χ1) is 11.5. The van der Waals surface area contributed by atoms with Crippen molar-refractivity contribution in [3.63, 3.8) is 0 Å². The number of nitrogens with one attached hydrogen (secondary N) is 1. The van der Waals surface area contributed by atoms with Crippen LogP contribution in [0.1, 0.15) is 38.7 Å². The highest BCUT2D eigenvalue weighted by atomic mass is 16.2. The molecule has 24 heavy (non-hydrogen) atoms. The van der Waals surface area contributed by atoms with E-state index in [-0.39, 0.29) is 5.91 Å². The van der Waals surface area contributed by atoms with Gasteiger partial charge in [-0.05, 0) is 49.4 Å². The maximum absolute atomic E-state index is 12.9. The Kier molecular flexibility index (Phi) is 6.03. The summed E-state index contributed by atoms with van der Waals surface area (Å²) in [6.45, 7) is 5.31. The first kappa shape index (κ1) is 17.6. The predicted molar refractivity (Wildman–Crippen MR) is 91.3 cm³/mol. The summed E-state index contributed by atoms with van der Waals surface area (Å²) in [4.78, 5) is 12.9. The smallest absolute Gasteiger partial charge is 0.264 e. The Bertz CT molecular complexity index is 641. The molecule has 1 heterocycles. The van der Waals surface area contributed by atoms with Crippen LogP contribution in [0.15, 0.2) is 24.3 Å². The molecular formula is C18H23N5O. The van der Waals surface area contributed by atoms with Crippen LogP contribution in [0.2, 0.25) is 0 Å². The summed E-state index contributed by atoms with van der Waals surface area (Å²) in [6, 6.07) is 8.74. The lowest BCUT2D eigenvalue weighted by molar-refractivity contribution is -0.147. The summed E-state index contributed by atoms with van der Waals surface area (Å²) < 4.78 is 0. The van der Waals surface area contributed by atoms with Crippen LogP contribution in [0.4, 0.5) is 5.69 Å². The molecule has 1 fully saturated rings. The molecule has 1 amide bonds. The molecule has 126 valence electrons. The largest absolute Gasteiger partial charge is 0.374 e. The number of nitrogens with zero attached hydrogens (tertiary/aromatic N) is 4. The highest BCUT2D eigenvalue weighted by Crippen LogP contribution is 2.19. The number of hydrogen-bond acceptors (Lipinski definition) is 5. The van der Waals surface area contributed by atoms with Gasteiger partial charge < -0.3 is 5.32 Å². The number of amides is 1. The average Bonchev–Trinajstić information content (AvgIpc) is 2.60. The molecule has 0 aromatic heterocycles. The Labute approximate surface area is 143 Å². The summed E-state index contributed by atoms with van der Waals surface area (Å²) >= 11 is 0. The second-order valence-electron chi connectivity index (χ2n) is 6.41. The first-order valence-electron chi connectivity index (χ1n) is 8.30. The fourth-order valence-corrected chi connectivity index (χ4v) is 2.81. The predicted octanol–water partition coefficient (Wildman–Crippen LogP) is 2.71. The van der Waals surface area contributed by atoms with Crippen LogP contribution in [-0.2, 0) is 4.79 Å². The van der Waals surface area contributed by atoms with Crippen molar-refractivity contribution in [2.24, 2.45) is 5.92 Å². The topological polar surface area (TPSA) is 83.2 Å². The van der Waals surface area contributed by atoms with Crippen molar-refractivity contribution >= 4 is 11.6 Å². The lowest BCUT2D eigenvalue weighted by Crippen LogP contribution is -2.53. The van der Waals surface area contributed by atoms with Crippen molar-refractivity contribution in [3.8, 4) is 12.3 Å². The minimum Gasteiger partial charge on any atom is -0.374 e. The van der Waals surface area contributed by atoms with Crippen molar-refractivity contribution in [2.45, 2.75) is 39.2 Å². The quantitative estimate of drug-likeness (QED) is 0.842. The maximum atomic E-state index is 12.9. The van der Waals surface area contributed by atoms with Gasteiger partial charge in [0.15, 0.2) is 6.19 Å². The molecule has 6 nitrogen and oxygen atoms in total. The first-order valence-corrected chi connectivity index (χ1v) is 8.30. The molecule has 1 N–H and O–H groups in total. The Balaban J connectivity index is 2.15. The lowest BCUT2D eigenvalue weighted by Gasteiger charge is -2.37. The van der Waals surface area contributed by atoms with Gasteiger partial charge >= 0.3 is 0 Å². The molecule has 6 heteroatoms. The van der Waals surface area contributed by atoms with E-state index in [4.69, 9.17) is 5.26 Å². The van der Waals surface area contributed by atoms with E-state index >= 15 is 0 Å². The number of carbonyl (C=O) groups excluding carboxylic acids is 1. The van der Waals surface area contributed by atoms with Crippen LogP contribution in [0, 0.1) is 28.7 Å². The highest BCUT2D eigenvalue weighted by molar-refractivity contribution is 5.84. The van der Waals surface area contributed by atoms with E-state index in [9.17, 15) is 10.1 Å². The molecule has 0 saturated carbocycles. The summed E-state index contributed by atoms with van der Waals surface area (Å²) in [6.07, 6.45) is 4.61. The van der Waals surface area contributed by atoms with Crippen molar-refractivity contribution < 1.29 is 4.79 Å². The Morgan fingerprint density at radius 1 is 1.21 bits per heavy atom. The van der Waals surface area contributed by atoms with Gasteiger partial charge in [-0.3, -0.25) is 4.79 Å². The van der Waals surface area contributed by atoms with Crippen LogP contribution in [-0.4, -0.2) is 35.1 Å². The van der Waals surface area contributed by atoms with Crippen molar-refractivity contribution in [3.05, 3.63) is 29.8 Å². The zero-order chi connectivity index (χ0) is 17.5. The summed E-state index contributed by atoms with van der Waals surface area (Å²) in [5.74, 6) is 0.263. The van der Waals surface area contributed by atoms with Crippen molar-refractivity contribution in [2.75, 3.05) is 18.4 Å². The van der Waals surface area contributed by atoms with E-state index in [0.29, 0.717) is 31.0 Å². The number of benzene rings is 1. The number of rotatable bonds is 5. The highest BCUT2D eigenvalue weighted by Gasteiger charge is 2.30. The number of hydrogen-bond donors (Lipinski definition) is 1. The number of hydrazine groups is 1. The third kappa shape index (κ3) is 4.39. The number of nitriles is 2. The molecule has 1 aromatic carbocycles. The van der Waals surface area contributed by atoms with Crippen LogP contribution < -0.4 is 5.32 Å². The standard InChI is InChI=1S/C18H23N5O/c1-14(2)11-17(21-16-7-5-15(12-19)6-8-16)18(24)23-10-4-3-9-22(23)13-20/h5-8,14,17,21H,3-4,9-11H2,1-2H3. The van der Waals surface area contributed by atoms with Gasteiger partial charge in [0.05, 0.1) is 18.2 Å². The molecule has 1 aromatic rings. The van der Waals surface area contributed by atoms with Crippen LogP contribution in [0.25, 0.3) is 0 Å². The molecule has 1 atom stereocenters. The molecule has 1 unspecified atom stereocenters. The molecule has 0 aliphatic carbocycles. The monoisotopic (exact) mass is 325 g/mol. The molecule has 1 saturated heterocycles. The summed E-state index contributed by atoms with van der Waals surface area (Å²) in [7, 11) is 0. The van der Waals surface area contributed by atoms with Gasteiger partial charge in [0.2, 0.25) is 0 Å². The third-order valence-electron chi connectivity index (χ3n) is 4.01. The molecule has 0 radical (unpaired) electrons. The number of carbonyl (C=O) groups is 1. The fraction of sp³-hybridized carbons (Fsp3) is 0.500. The van der Waals surface area contributed by atoms with Crippen molar-refractivity contribution in [1.82, 2.24) is 10.0 Å². The van der Waals surface area contributed by atoms with Gasteiger partial charge in [-0.25, -0.2) is 10.0 Å². The maximum Gasteiger partial charge on any atom is 0.264 e. The van der Waals surface area contributed by atoms with E-state index in [1.165, 1.54) is 5.01 Å². The lowest BCUT2D eigenvalue weighted by atomic mass is 10.0. The van der Waals surface area contributed by atoms with Crippen molar-refractivity contribution in [1.29, 1.82) is 10.5 Å². The van der Waals surface area contributed by atoms with E-state index in [1.54, 1.807) is 29.3 Å². The fourth-order valence-electron chi connectivity index (χ4n) is 2.81.